The van der Waals surface area contributed by atoms with Crippen molar-refractivity contribution in [2.75, 3.05) is 6.61 Å². The van der Waals surface area contributed by atoms with Crippen molar-refractivity contribution in [1.29, 1.82) is 0 Å². The van der Waals surface area contributed by atoms with Gasteiger partial charge in [-0.2, -0.15) is 0 Å². The summed E-state index contributed by atoms with van der Waals surface area (Å²) in [6.07, 6.45) is 0.518. The van der Waals surface area contributed by atoms with Gasteiger partial charge in [0.25, 0.3) is 0 Å². The van der Waals surface area contributed by atoms with Crippen LogP contribution in [0.4, 0.5) is 0 Å². The number of hydrogen-bond acceptors (Lipinski definition) is 3. The average molecular weight is 201 g/mol. The summed E-state index contributed by atoms with van der Waals surface area (Å²) in [5.74, 6) is -0.0766. The molecule has 2 unspecified atom stereocenters. The Morgan fingerprint density at radius 3 is 2.29 bits per heavy atom. The molecule has 0 spiro atoms. The summed E-state index contributed by atoms with van der Waals surface area (Å²) in [5, 5.41) is 11.6. The molecule has 0 aliphatic heterocycles. The van der Waals surface area contributed by atoms with Crippen molar-refractivity contribution < 1.29 is 14.7 Å². The van der Waals surface area contributed by atoms with Crippen molar-refractivity contribution in [1.82, 2.24) is 5.32 Å². The number of carbonyl (C=O) groups excluding carboxylic acids is 2. The highest BCUT2D eigenvalue weighted by Crippen LogP contribution is 2.01. The standard InChI is InChI=1S/C10H19NO3/c1-7(6-12)9(3)11-10(14)5-4-8(2)13/h7,9,12H,4-6H2,1-3H3,(H,11,14). The van der Waals surface area contributed by atoms with Gasteiger partial charge in [0.1, 0.15) is 5.78 Å². The second-order valence-corrected chi connectivity index (χ2v) is 3.72. The topological polar surface area (TPSA) is 66.4 Å². The van der Waals surface area contributed by atoms with Gasteiger partial charge in [-0.1, -0.05) is 6.92 Å². The maximum Gasteiger partial charge on any atom is 0.220 e. The number of amides is 1. The van der Waals surface area contributed by atoms with Gasteiger partial charge in [0.15, 0.2) is 0 Å². The lowest BCUT2D eigenvalue weighted by molar-refractivity contribution is -0.125. The zero-order chi connectivity index (χ0) is 11.1. The van der Waals surface area contributed by atoms with E-state index in [2.05, 4.69) is 5.32 Å². The molecule has 2 atom stereocenters. The highest BCUT2D eigenvalue weighted by molar-refractivity contribution is 5.83. The summed E-state index contributed by atoms with van der Waals surface area (Å²) >= 11 is 0. The van der Waals surface area contributed by atoms with E-state index in [-0.39, 0.29) is 43.1 Å². The molecule has 1 amide bonds. The van der Waals surface area contributed by atoms with Gasteiger partial charge in [0.05, 0.1) is 0 Å². The Balaban J connectivity index is 3.76. The lowest BCUT2D eigenvalue weighted by atomic mass is 10.0. The molecule has 0 aromatic rings. The van der Waals surface area contributed by atoms with Crippen LogP contribution in [0.1, 0.15) is 33.6 Å². The Morgan fingerprint density at radius 2 is 1.86 bits per heavy atom. The number of hydrogen-bond donors (Lipinski definition) is 2. The predicted octanol–water partition coefficient (Wildman–Crippen LogP) is 0.489. The SMILES string of the molecule is CC(=O)CCC(=O)NC(C)C(C)CO. The number of rotatable bonds is 6. The first kappa shape index (κ1) is 13.1. The van der Waals surface area contributed by atoms with Gasteiger partial charge in [0.2, 0.25) is 5.91 Å². The fourth-order valence-electron chi connectivity index (χ4n) is 0.916. The second-order valence-electron chi connectivity index (χ2n) is 3.72. The van der Waals surface area contributed by atoms with Crippen LogP contribution in [0, 0.1) is 5.92 Å². The van der Waals surface area contributed by atoms with E-state index in [9.17, 15) is 9.59 Å². The molecule has 4 nitrogen and oxygen atoms in total. The van der Waals surface area contributed by atoms with Crippen molar-refractivity contribution in [2.24, 2.45) is 5.92 Å². The minimum Gasteiger partial charge on any atom is -0.396 e. The van der Waals surface area contributed by atoms with Gasteiger partial charge in [-0.05, 0) is 19.8 Å². The molecule has 0 bridgehead atoms. The average Bonchev–Trinajstić information content (AvgIpc) is 2.13. The van der Waals surface area contributed by atoms with Crippen LogP contribution < -0.4 is 5.32 Å². The first-order valence-electron chi connectivity index (χ1n) is 4.87. The largest absolute Gasteiger partial charge is 0.396 e. The van der Waals surface area contributed by atoms with E-state index in [1.165, 1.54) is 6.92 Å². The monoisotopic (exact) mass is 201 g/mol. The highest BCUT2D eigenvalue weighted by Gasteiger charge is 2.13. The first-order chi connectivity index (χ1) is 6.47. The van der Waals surface area contributed by atoms with E-state index in [0.29, 0.717) is 0 Å². The third-order valence-electron chi connectivity index (χ3n) is 2.23. The molecule has 0 aliphatic rings. The predicted molar refractivity (Wildman–Crippen MR) is 53.8 cm³/mol. The summed E-state index contributed by atoms with van der Waals surface area (Å²) in [4.78, 5) is 21.8. The number of nitrogens with one attached hydrogen (secondary N) is 1. The Morgan fingerprint density at radius 1 is 1.29 bits per heavy atom. The van der Waals surface area contributed by atoms with Crippen molar-refractivity contribution in [3.8, 4) is 0 Å². The lowest BCUT2D eigenvalue weighted by Gasteiger charge is -2.18. The molecule has 2 N–H and O–H groups in total. The van der Waals surface area contributed by atoms with Gasteiger partial charge in [-0.25, -0.2) is 0 Å². The third kappa shape index (κ3) is 5.70. The summed E-state index contributed by atoms with van der Waals surface area (Å²) in [5.41, 5.74) is 0. The summed E-state index contributed by atoms with van der Waals surface area (Å²) in [6.45, 7) is 5.21. The summed E-state index contributed by atoms with van der Waals surface area (Å²) < 4.78 is 0. The van der Waals surface area contributed by atoms with E-state index in [1.807, 2.05) is 13.8 Å². The number of aliphatic hydroxyl groups excluding tert-OH is 1. The van der Waals surface area contributed by atoms with Crippen molar-refractivity contribution in [2.45, 2.75) is 39.7 Å². The summed E-state index contributed by atoms with van der Waals surface area (Å²) in [7, 11) is 0. The number of aliphatic hydroxyl groups is 1. The Hall–Kier alpha value is -0.900. The van der Waals surface area contributed by atoms with Crippen LogP contribution in [0.5, 0.6) is 0 Å². The molecule has 4 heteroatoms. The zero-order valence-electron chi connectivity index (χ0n) is 9.04. The van der Waals surface area contributed by atoms with Gasteiger partial charge in [-0.15, -0.1) is 0 Å². The molecule has 0 saturated carbocycles. The Kier molecular flexibility index (Phi) is 6.12. The normalized spacial score (nSPS) is 14.6. The van der Waals surface area contributed by atoms with Crippen LogP contribution in [-0.2, 0) is 9.59 Å². The maximum absolute atomic E-state index is 11.2. The van der Waals surface area contributed by atoms with Crippen LogP contribution in [0.25, 0.3) is 0 Å². The van der Waals surface area contributed by atoms with E-state index < -0.39 is 0 Å². The van der Waals surface area contributed by atoms with E-state index in [0.717, 1.165) is 0 Å². The van der Waals surface area contributed by atoms with Gasteiger partial charge >= 0.3 is 0 Å². The van der Waals surface area contributed by atoms with Crippen molar-refractivity contribution in [3.63, 3.8) is 0 Å². The molecule has 0 rings (SSSR count). The van der Waals surface area contributed by atoms with Gasteiger partial charge in [0, 0.05) is 25.5 Å². The second kappa shape index (κ2) is 6.54. The van der Waals surface area contributed by atoms with E-state index >= 15 is 0 Å². The molecule has 0 saturated heterocycles. The number of Topliss-reactive ketones (excluding diaryl/α,β-unsaturated/α-hetero) is 1. The number of carbonyl (C=O) groups is 2. The minimum atomic E-state index is -0.131. The molecule has 82 valence electrons. The van der Waals surface area contributed by atoms with Crippen LogP contribution in [0.2, 0.25) is 0 Å². The minimum absolute atomic E-state index is 0.0167. The molecule has 0 aromatic carbocycles. The summed E-state index contributed by atoms with van der Waals surface area (Å²) in [6, 6.07) is -0.0561. The molecular formula is C10H19NO3. The lowest BCUT2D eigenvalue weighted by Crippen LogP contribution is -2.38. The smallest absolute Gasteiger partial charge is 0.220 e. The first-order valence-corrected chi connectivity index (χ1v) is 4.87. The van der Waals surface area contributed by atoms with Crippen molar-refractivity contribution >= 4 is 11.7 Å². The maximum atomic E-state index is 11.2. The van der Waals surface area contributed by atoms with E-state index in [1.54, 1.807) is 0 Å². The van der Waals surface area contributed by atoms with Gasteiger partial charge < -0.3 is 15.2 Å². The third-order valence-corrected chi connectivity index (χ3v) is 2.23. The molecule has 0 heterocycles. The zero-order valence-corrected chi connectivity index (χ0v) is 9.04. The molecule has 14 heavy (non-hydrogen) atoms. The van der Waals surface area contributed by atoms with Crippen LogP contribution in [0.3, 0.4) is 0 Å². The Labute approximate surface area is 84.7 Å². The molecule has 0 aromatic heterocycles. The molecule has 0 radical (unpaired) electrons. The van der Waals surface area contributed by atoms with E-state index in [4.69, 9.17) is 5.11 Å². The van der Waals surface area contributed by atoms with Crippen molar-refractivity contribution in [3.05, 3.63) is 0 Å². The highest BCUT2D eigenvalue weighted by atomic mass is 16.3. The molecule has 0 fully saturated rings. The Bertz CT molecular complexity index is 204. The fraction of sp³-hybridized carbons (Fsp3) is 0.800. The van der Waals surface area contributed by atoms with Gasteiger partial charge in [-0.3, -0.25) is 4.79 Å². The number of ketones is 1. The van der Waals surface area contributed by atoms with Crippen LogP contribution in [-0.4, -0.2) is 29.4 Å². The van der Waals surface area contributed by atoms with Crippen LogP contribution in [0.15, 0.2) is 0 Å². The molecular weight excluding hydrogens is 182 g/mol. The fourth-order valence-corrected chi connectivity index (χ4v) is 0.916. The quantitative estimate of drug-likeness (QED) is 0.657. The van der Waals surface area contributed by atoms with Crippen LogP contribution >= 0.6 is 0 Å². The molecule has 0 aliphatic carbocycles.